The minimum atomic E-state index is 0. The molecule has 30 heavy (non-hydrogen) atoms. The first-order valence-electron chi connectivity index (χ1n) is 11.3. The van der Waals surface area contributed by atoms with E-state index in [9.17, 15) is 4.79 Å². The fourth-order valence-corrected chi connectivity index (χ4v) is 4.52. The molecule has 3 aliphatic rings. The molecule has 174 valence electrons. The SMILES string of the molecule is CCNC(=NCC(C)N1CCOCC1C)N1CCC(C(=O)N2CCOCC2)CC1.I. The number of nitrogens with one attached hydrogen (secondary N) is 1. The summed E-state index contributed by atoms with van der Waals surface area (Å²) >= 11 is 0. The first kappa shape index (κ1) is 25.6. The second-order valence-electron chi connectivity index (χ2n) is 8.40. The highest BCUT2D eigenvalue weighted by Gasteiger charge is 2.30. The molecular formula is C21H40IN5O3. The van der Waals surface area contributed by atoms with Crippen LogP contribution in [0.4, 0.5) is 0 Å². The van der Waals surface area contributed by atoms with Gasteiger partial charge in [-0.15, -0.1) is 24.0 Å². The molecule has 9 heteroatoms. The largest absolute Gasteiger partial charge is 0.379 e. The topological polar surface area (TPSA) is 69.6 Å². The molecule has 0 saturated carbocycles. The van der Waals surface area contributed by atoms with Gasteiger partial charge in [-0.2, -0.15) is 0 Å². The van der Waals surface area contributed by atoms with Gasteiger partial charge in [-0.05, 0) is 33.6 Å². The van der Waals surface area contributed by atoms with E-state index < -0.39 is 0 Å². The number of carbonyl (C=O) groups is 1. The van der Waals surface area contributed by atoms with Crippen LogP contribution in [-0.4, -0.2) is 111 Å². The molecule has 3 aliphatic heterocycles. The number of likely N-dealkylation sites (tertiary alicyclic amines) is 1. The Morgan fingerprint density at radius 3 is 2.37 bits per heavy atom. The Kier molecular flexibility index (Phi) is 11.1. The zero-order chi connectivity index (χ0) is 20.6. The first-order valence-corrected chi connectivity index (χ1v) is 11.3. The Balaban J connectivity index is 0.00000320. The normalized spacial score (nSPS) is 25.6. The average molecular weight is 537 g/mol. The molecular weight excluding hydrogens is 497 g/mol. The van der Waals surface area contributed by atoms with E-state index in [0.29, 0.717) is 31.2 Å². The van der Waals surface area contributed by atoms with E-state index in [1.165, 1.54) is 0 Å². The maximum absolute atomic E-state index is 12.8. The summed E-state index contributed by atoms with van der Waals surface area (Å²) < 4.78 is 10.9. The number of ether oxygens (including phenoxy) is 2. The molecule has 0 bridgehead atoms. The molecule has 0 radical (unpaired) electrons. The van der Waals surface area contributed by atoms with Crippen LogP contribution < -0.4 is 5.32 Å². The van der Waals surface area contributed by atoms with Gasteiger partial charge in [0, 0.05) is 57.3 Å². The Bertz CT molecular complexity index is 551. The van der Waals surface area contributed by atoms with Crippen molar-refractivity contribution in [3.8, 4) is 0 Å². The number of hydrogen-bond acceptors (Lipinski definition) is 5. The van der Waals surface area contributed by atoms with Gasteiger partial charge in [-0.25, -0.2) is 0 Å². The molecule has 0 aromatic carbocycles. The van der Waals surface area contributed by atoms with Crippen molar-refractivity contribution in [3.05, 3.63) is 0 Å². The first-order chi connectivity index (χ1) is 14.1. The molecule has 3 heterocycles. The van der Waals surface area contributed by atoms with Gasteiger partial charge in [0.2, 0.25) is 5.91 Å². The quantitative estimate of drug-likeness (QED) is 0.324. The highest BCUT2D eigenvalue weighted by atomic mass is 127. The van der Waals surface area contributed by atoms with Crippen LogP contribution in [0.5, 0.6) is 0 Å². The van der Waals surface area contributed by atoms with Crippen LogP contribution in [-0.2, 0) is 14.3 Å². The predicted molar refractivity (Wildman–Crippen MR) is 130 cm³/mol. The van der Waals surface area contributed by atoms with Gasteiger partial charge in [-0.1, -0.05) is 0 Å². The lowest BCUT2D eigenvalue weighted by atomic mass is 9.95. The van der Waals surface area contributed by atoms with E-state index in [2.05, 4.69) is 35.9 Å². The summed E-state index contributed by atoms with van der Waals surface area (Å²) in [6, 6.07) is 0.835. The summed E-state index contributed by atoms with van der Waals surface area (Å²) in [5.74, 6) is 1.43. The maximum Gasteiger partial charge on any atom is 0.225 e. The minimum Gasteiger partial charge on any atom is -0.379 e. The number of aliphatic imine (C=N–C) groups is 1. The molecule has 0 aromatic rings. The van der Waals surface area contributed by atoms with E-state index in [-0.39, 0.29) is 29.9 Å². The summed E-state index contributed by atoms with van der Waals surface area (Å²) in [7, 11) is 0. The van der Waals surface area contributed by atoms with Crippen molar-refractivity contribution < 1.29 is 14.3 Å². The molecule has 1 N–H and O–H groups in total. The molecule has 0 spiro atoms. The van der Waals surface area contributed by atoms with Crippen molar-refractivity contribution in [2.24, 2.45) is 10.9 Å². The van der Waals surface area contributed by atoms with Gasteiger partial charge in [0.05, 0.1) is 33.0 Å². The van der Waals surface area contributed by atoms with E-state index in [1.807, 2.05) is 4.90 Å². The Morgan fingerprint density at radius 1 is 1.07 bits per heavy atom. The van der Waals surface area contributed by atoms with E-state index >= 15 is 0 Å². The summed E-state index contributed by atoms with van der Waals surface area (Å²) in [5.41, 5.74) is 0. The van der Waals surface area contributed by atoms with Gasteiger partial charge in [0.1, 0.15) is 0 Å². The van der Waals surface area contributed by atoms with Gasteiger partial charge in [-0.3, -0.25) is 14.7 Å². The molecule has 0 aromatic heterocycles. The lowest BCUT2D eigenvalue weighted by Crippen LogP contribution is -2.51. The average Bonchev–Trinajstić information content (AvgIpc) is 2.77. The van der Waals surface area contributed by atoms with Crippen molar-refractivity contribution >= 4 is 35.8 Å². The van der Waals surface area contributed by atoms with Crippen LogP contribution in [0.25, 0.3) is 0 Å². The van der Waals surface area contributed by atoms with Crippen LogP contribution in [0.1, 0.15) is 33.6 Å². The lowest BCUT2D eigenvalue weighted by Gasteiger charge is -2.38. The van der Waals surface area contributed by atoms with Crippen molar-refractivity contribution in [1.29, 1.82) is 0 Å². The van der Waals surface area contributed by atoms with E-state index in [1.54, 1.807) is 0 Å². The molecule has 3 saturated heterocycles. The van der Waals surface area contributed by atoms with Crippen LogP contribution in [0, 0.1) is 5.92 Å². The molecule has 3 rings (SSSR count). The van der Waals surface area contributed by atoms with Crippen molar-refractivity contribution in [2.75, 3.05) is 72.2 Å². The fourth-order valence-electron chi connectivity index (χ4n) is 4.52. The van der Waals surface area contributed by atoms with Gasteiger partial charge < -0.3 is 24.6 Å². The number of hydrogen-bond donors (Lipinski definition) is 1. The summed E-state index contributed by atoms with van der Waals surface area (Å²) in [6.45, 7) is 15.4. The number of carbonyl (C=O) groups excluding carboxylic acids is 1. The highest BCUT2D eigenvalue weighted by Crippen LogP contribution is 2.20. The second-order valence-corrected chi connectivity index (χ2v) is 8.40. The lowest BCUT2D eigenvalue weighted by molar-refractivity contribution is -0.140. The van der Waals surface area contributed by atoms with E-state index in [4.69, 9.17) is 14.5 Å². The summed E-state index contributed by atoms with van der Waals surface area (Å²) in [4.78, 5) is 24.5. The number of piperidine rings is 1. The number of amides is 1. The van der Waals surface area contributed by atoms with Crippen molar-refractivity contribution in [3.63, 3.8) is 0 Å². The summed E-state index contributed by atoms with van der Waals surface area (Å²) in [6.07, 6.45) is 1.80. The summed E-state index contributed by atoms with van der Waals surface area (Å²) in [5, 5.41) is 3.45. The third-order valence-corrected chi connectivity index (χ3v) is 6.29. The highest BCUT2D eigenvalue weighted by molar-refractivity contribution is 14.0. The number of nitrogens with zero attached hydrogens (tertiary/aromatic N) is 4. The number of halogens is 1. The standard InChI is InChI=1S/C21H39N5O3.HI/c1-4-22-21(23-15-17(2)26-11-14-29-16-18(26)3)25-7-5-19(6-8-25)20(27)24-9-12-28-13-10-24;/h17-19H,4-16H2,1-3H3,(H,22,23);1H. The third-order valence-electron chi connectivity index (χ3n) is 6.29. The zero-order valence-corrected chi connectivity index (χ0v) is 21.2. The van der Waals surface area contributed by atoms with Gasteiger partial charge >= 0.3 is 0 Å². The monoisotopic (exact) mass is 537 g/mol. The predicted octanol–water partition coefficient (Wildman–Crippen LogP) is 1.25. The third kappa shape index (κ3) is 6.93. The van der Waals surface area contributed by atoms with Gasteiger partial charge in [0.25, 0.3) is 0 Å². The van der Waals surface area contributed by atoms with Crippen molar-refractivity contribution in [1.82, 2.24) is 20.0 Å². The van der Waals surface area contributed by atoms with Crippen LogP contribution in [0.2, 0.25) is 0 Å². The number of morpholine rings is 2. The molecule has 2 unspecified atom stereocenters. The Labute approximate surface area is 198 Å². The van der Waals surface area contributed by atoms with Crippen LogP contribution in [0.15, 0.2) is 4.99 Å². The van der Waals surface area contributed by atoms with Crippen LogP contribution in [0.3, 0.4) is 0 Å². The zero-order valence-electron chi connectivity index (χ0n) is 18.8. The van der Waals surface area contributed by atoms with E-state index in [0.717, 1.165) is 77.8 Å². The fraction of sp³-hybridized carbons (Fsp3) is 0.905. The molecule has 2 atom stereocenters. The minimum absolute atomic E-state index is 0. The smallest absolute Gasteiger partial charge is 0.225 e. The van der Waals surface area contributed by atoms with Crippen LogP contribution >= 0.6 is 24.0 Å². The number of rotatable bonds is 5. The number of guanidine groups is 1. The molecule has 8 nitrogen and oxygen atoms in total. The molecule has 0 aliphatic carbocycles. The molecule has 1 amide bonds. The molecule has 3 fully saturated rings. The second kappa shape index (κ2) is 13.0. The maximum atomic E-state index is 12.8. The van der Waals surface area contributed by atoms with Crippen molar-refractivity contribution in [2.45, 2.75) is 45.7 Å². The Hall–Kier alpha value is -0.650. The van der Waals surface area contributed by atoms with Gasteiger partial charge in [0.15, 0.2) is 5.96 Å². The Morgan fingerprint density at radius 2 is 1.73 bits per heavy atom.